The van der Waals surface area contributed by atoms with Gasteiger partial charge in [0, 0.05) is 43.7 Å². The summed E-state index contributed by atoms with van der Waals surface area (Å²) in [7, 11) is 5.57. The standard InChI is InChI=1S/C27H35N7O3/c1-17-8-9-22-20(15-17)18(2)26(37-22)25-24(27(28)30-29-3)21(16-35)31-34(25)19-10-13-33(14-11-19)23(36)7-6-12-32(4)5/h6-9,15-16,19,29H,10-14H2,1-5H3,(H2,28,30)/b7-6+. The van der Waals surface area contributed by atoms with Crippen molar-refractivity contribution in [1.29, 1.82) is 0 Å². The Morgan fingerprint density at radius 1 is 1.30 bits per heavy atom. The minimum absolute atomic E-state index is 0.00385. The number of hydrogen-bond donors (Lipinski definition) is 2. The molecule has 3 heterocycles. The predicted octanol–water partition coefficient (Wildman–Crippen LogP) is 2.85. The number of furan rings is 1. The lowest BCUT2D eigenvalue weighted by Crippen LogP contribution is -2.38. The van der Waals surface area contributed by atoms with Crippen molar-refractivity contribution in [2.45, 2.75) is 32.7 Å². The van der Waals surface area contributed by atoms with Gasteiger partial charge in [0.2, 0.25) is 5.91 Å². The van der Waals surface area contributed by atoms with Gasteiger partial charge in [0.1, 0.15) is 17.0 Å². The lowest BCUT2D eigenvalue weighted by Gasteiger charge is -2.32. The molecule has 37 heavy (non-hydrogen) atoms. The molecule has 1 aliphatic heterocycles. The second-order valence-electron chi connectivity index (χ2n) is 9.67. The zero-order valence-electron chi connectivity index (χ0n) is 22.1. The van der Waals surface area contributed by atoms with Crippen LogP contribution < -0.4 is 11.2 Å². The molecule has 4 rings (SSSR count). The van der Waals surface area contributed by atoms with Crippen LogP contribution in [0, 0.1) is 13.8 Å². The lowest BCUT2D eigenvalue weighted by atomic mass is 10.0. The van der Waals surface area contributed by atoms with E-state index in [9.17, 15) is 9.59 Å². The topological polar surface area (TPSA) is 122 Å². The minimum Gasteiger partial charge on any atom is -0.454 e. The van der Waals surface area contributed by atoms with E-state index in [1.54, 1.807) is 13.1 Å². The Hall–Kier alpha value is -3.92. The summed E-state index contributed by atoms with van der Waals surface area (Å²) in [5, 5.41) is 9.82. The van der Waals surface area contributed by atoms with Gasteiger partial charge in [-0.3, -0.25) is 14.3 Å². The second kappa shape index (κ2) is 11.0. The number of likely N-dealkylation sites (N-methyl/N-ethyl adjacent to an activating group) is 1. The summed E-state index contributed by atoms with van der Waals surface area (Å²) < 4.78 is 8.18. The van der Waals surface area contributed by atoms with Crippen LogP contribution in [0.3, 0.4) is 0 Å². The molecule has 1 aliphatic rings. The minimum atomic E-state index is -0.0472. The molecule has 0 atom stereocenters. The van der Waals surface area contributed by atoms with E-state index in [1.807, 2.05) is 60.6 Å². The number of nitrogens with zero attached hydrogens (tertiary/aromatic N) is 5. The number of nitrogens with two attached hydrogens (primary N) is 1. The number of carbonyl (C=O) groups is 2. The van der Waals surface area contributed by atoms with E-state index in [2.05, 4.69) is 21.7 Å². The summed E-state index contributed by atoms with van der Waals surface area (Å²) in [5.41, 5.74) is 13.1. The molecule has 10 heteroatoms. The SMILES string of the molecule is CN/N=C(/N)c1c(C=O)nn(C2CCN(C(=O)/C=C/CN(C)C)CC2)c1-c1oc2ccc(C)cc2c1C. The Morgan fingerprint density at radius 2 is 2.03 bits per heavy atom. The van der Waals surface area contributed by atoms with E-state index in [1.165, 1.54) is 0 Å². The number of likely N-dealkylation sites (tertiary alicyclic amines) is 1. The van der Waals surface area contributed by atoms with Gasteiger partial charge in [0.05, 0.1) is 11.6 Å². The number of aldehydes is 1. The highest BCUT2D eigenvalue weighted by Crippen LogP contribution is 2.39. The van der Waals surface area contributed by atoms with Crippen LogP contribution in [0.5, 0.6) is 0 Å². The van der Waals surface area contributed by atoms with E-state index < -0.39 is 0 Å². The summed E-state index contributed by atoms with van der Waals surface area (Å²) in [6.07, 6.45) is 5.57. The van der Waals surface area contributed by atoms with E-state index >= 15 is 0 Å². The largest absolute Gasteiger partial charge is 0.454 e. The van der Waals surface area contributed by atoms with Crippen LogP contribution in [-0.2, 0) is 4.79 Å². The molecule has 10 nitrogen and oxygen atoms in total. The van der Waals surface area contributed by atoms with Crippen molar-refractivity contribution in [2.75, 3.05) is 40.8 Å². The summed E-state index contributed by atoms with van der Waals surface area (Å²) in [6.45, 7) is 5.91. The number of hydrogen-bond acceptors (Lipinski definition) is 7. The van der Waals surface area contributed by atoms with Crippen molar-refractivity contribution < 1.29 is 14.0 Å². The molecule has 1 fully saturated rings. The smallest absolute Gasteiger partial charge is 0.246 e. The fourth-order valence-corrected chi connectivity index (χ4v) is 4.81. The number of carbonyl (C=O) groups excluding carboxylic acids is 2. The highest BCUT2D eigenvalue weighted by Gasteiger charge is 2.32. The first-order valence-corrected chi connectivity index (χ1v) is 12.4. The molecule has 1 aromatic carbocycles. The second-order valence-corrected chi connectivity index (χ2v) is 9.67. The summed E-state index contributed by atoms with van der Waals surface area (Å²) >= 11 is 0. The first-order chi connectivity index (χ1) is 17.7. The van der Waals surface area contributed by atoms with Crippen LogP contribution in [0.4, 0.5) is 0 Å². The number of nitrogens with one attached hydrogen (secondary N) is 1. The summed E-state index contributed by atoms with van der Waals surface area (Å²) in [5.74, 6) is 0.764. The maximum atomic E-state index is 12.6. The molecule has 196 valence electrons. The van der Waals surface area contributed by atoms with Gasteiger partial charge in [-0.15, -0.1) is 0 Å². The highest BCUT2D eigenvalue weighted by molar-refractivity contribution is 6.08. The fraction of sp³-hybridized carbons (Fsp3) is 0.407. The number of fused-ring (bicyclic) bond motifs is 1. The molecule has 3 aromatic rings. The molecule has 0 spiro atoms. The van der Waals surface area contributed by atoms with Gasteiger partial charge in [0.25, 0.3) is 0 Å². The molecule has 0 saturated carbocycles. The number of amides is 1. The molecule has 0 unspecified atom stereocenters. The Morgan fingerprint density at radius 3 is 2.68 bits per heavy atom. The number of amidine groups is 1. The van der Waals surface area contributed by atoms with Crippen molar-refractivity contribution in [3.8, 4) is 11.5 Å². The van der Waals surface area contributed by atoms with Gasteiger partial charge in [-0.25, -0.2) is 0 Å². The molecule has 0 radical (unpaired) electrons. The van der Waals surface area contributed by atoms with Crippen molar-refractivity contribution >= 4 is 29.0 Å². The fourth-order valence-electron chi connectivity index (χ4n) is 4.81. The van der Waals surface area contributed by atoms with Crippen LogP contribution in [-0.4, -0.2) is 78.4 Å². The number of benzene rings is 1. The van der Waals surface area contributed by atoms with Gasteiger partial charge < -0.3 is 25.4 Å². The third-order valence-corrected chi connectivity index (χ3v) is 6.70. The third kappa shape index (κ3) is 5.29. The normalized spacial score (nSPS) is 15.3. The maximum absolute atomic E-state index is 12.6. The van der Waals surface area contributed by atoms with E-state index in [0.29, 0.717) is 55.8 Å². The Bertz CT molecular complexity index is 1360. The lowest BCUT2D eigenvalue weighted by molar-refractivity contribution is -0.127. The van der Waals surface area contributed by atoms with Gasteiger partial charge in [-0.2, -0.15) is 10.2 Å². The van der Waals surface area contributed by atoms with Gasteiger partial charge >= 0.3 is 0 Å². The molecule has 3 N–H and O–H groups in total. The Balaban J connectivity index is 1.74. The Kier molecular flexibility index (Phi) is 7.77. The van der Waals surface area contributed by atoms with Gasteiger partial charge in [-0.1, -0.05) is 17.7 Å². The quantitative estimate of drug-likeness (QED) is 0.159. The van der Waals surface area contributed by atoms with E-state index in [0.717, 1.165) is 22.1 Å². The highest BCUT2D eigenvalue weighted by atomic mass is 16.3. The first-order valence-electron chi connectivity index (χ1n) is 12.4. The van der Waals surface area contributed by atoms with Crippen molar-refractivity contribution in [3.05, 3.63) is 52.7 Å². The zero-order valence-corrected chi connectivity index (χ0v) is 22.1. The van der Waals surface area contributed by atoms with Crippen LogP contribution >= 0.6 is 0 Å². The molecule has 2 aromatic heterocycles. The van der Waals surface area contributed by atoms with Crippen LogP contribution in [0.2, 0.25) is 0 Å². The molecule has 0 aliphatic carbocycles. The molecule has 1 amide bonds. The summed E-state index contributed by atoms with van der Waals surface area (Å²) in [4.78, 5) is 28.6. The van der Waals surface area contributed by atoms with Crippen LogP contribution in [0.1, 0.15) is 46.1 Å². The molecule has 1 saturated heterocycles. The predicted molar refractivity (Wildman–Crippen MR) is 145 cm³/mol. The van der Waals surface area contributed by atoms with Crippen molar-refractivity contribution in [3.63, 3.8) is 0 Å². The number of aryl methyl sites for hydroxylation is 2. The number of rotatable bonds is 8. The number of hydrazone groups is 1. The number of piperidine rings is 1. The Labute approximate surface area is 216 Å². The average Bonchev–Trinajstić information content (AvgIpc) is 3.41. The van der Waals surface area contributed by atoms with E-state index in [-0.39, 0.29) is 23.5 Å². The molecular weight excluding hydrogens is 470 g/mol. The average molecular weight is 506 g/mol. The van der Waals surface area contributed by atoms with Gasteiger partial charge in [-0.05, 0) is 52.9 Å². The van der Waals surface area contributed by atoms with Crippen molar-refractivity contribution in [2.24, 2.45) is 10.8 Å². The van der Waals surface area contributed by atoms with E-state index in [4.69, 9.17) is 10.2 Å². The van der Waals surface area contributed by atoms with Crippen molar-refractivity contribution in [1.82, 2.24) is 25.0 Å². The third-order valence-electron chi connectivity index (χ3n) is 6.70. The summed E-state index contributed by atoms with van der Waals surface area (Å²) in [6, 6.07) is 5.98. The van der Waals surface area contributed by atoms with Gasteiger partial charge in [0.15, 0.2) is 17.9 Å². The molecular formula is C27H35N7O3. The zero-order chi connectivity index (χ0) is 26.7. The maximum Gasteiger partial charge on any atom is 0.246 e. The molecule has 0 bridgehead atoms. The van der Waals surface area contributed by atoms with Crippen LogP contribution in [0.15, 0.2) is 39.9 Å². The first kappa shape index (κ1) is 26.2. The van der Waals surface area contributed by atoms with Crippen LogP contribution in [0.25, 0.3) is 22.4 Å². The number of aromatic nitrogens is 2. The monoisotopic (exact) mass is 505 g/mol.